The van der Waals surface area contributed by atoms with Crippen LogP contribution in [0.5, 0.6) is 0 Å². The van der Waals surface area contributed by atoms with Crippen LogP contribution in [-0.4, -0.2) is 21.7 Å². The van der Waals surface area contributed by atoms with Crippen molar-refractivity contribution in [3.05, 3.63) is 42.0 Å². The third-order valence-corrected chi connectivity index (χ3v) is 2.38. The van der Waals surface area contributed by atoms with Crippen molar-refractivity contribution in [3.63, 3.8) is 0 Å². The van der Waals surface area contributed by atoms with Crippen molar-refractivity contribution in [1.29, 1.82) is 0 Å². The lowest BCUT2D eigenvalue weighted by atomic mass is 10.2. The second-order valence-electron chi connectivity index (χ2n) is 4.10. The minimum absolute atomic E-state index is 0.146. The zero-order valence-corrected chi connectivity index (χ0v) is 10.8. The Morgan fingerprint density at radius 3 is 2.60 bits per heavy atom. The average Bonchev–Trinajstić information content (AvgIpc) is 2.74. The number of aromatic nitrogens is 2. The summed E-state index contributed by atoms with van der Waals surface area (Å²) in [5.41, 5.74) is 17.3. The van der Waals surface area contributed by atoms with Gasteiger partial charge in [0.05, 0.1) is 11.9 Å². The molecule has 2 rings (SSSR count). The van der Waals surface area contributed by atoms with E-state index in [-0.39, 0.29) is 11.9 Å². The molecule has 1 aromatic heterocycles. The van der Waals surface area contributed by atoms with Gasteiger partial charge in [-0.05, 0) is 24.6 Å². The third-order valence-electron chi connectivity index (χ3n) is 2.38. The normalized spacial score (nSPS) is 11.4. The van der Waals surface area contributed by atoms with E-state index < -0.39 is 5.82 Å². The van der Waals surface area contributed by atoms with Crippen LogP contribution in [0.3, 0.4) is 0 Å². The van der Waals surface area contributed by atoms with Crippen LogP contribution in [0.2, 0.25) is 0 Å². The summed E-state index contributed by atoms with van der Waals surface area (Å²) < 4.78 is 15.4. The van der Waals surface area contributed by atoms with Crippen molar-refractivity contribution < 1.29 is 4.39 Å². The summed E-state index contributed by atoms with van der Waals surface area (Å²) in [6.07, 6.45) is 3.36. The van der Waals surface area contributed by atoms with Crippen molar-refractivity contribution in [2.45, 2.75) is 6.92 Å². The molecule has 0 unspecified atom stereocenters. The van der Waals surface area contributed by atoms with Crippen molar-refractivity contribution >= 4 is 17.6 Å². The van der Waals surface area contributed by atoms with E-state index in [1.54, 1.807) is 24.5 Å². The Morgan fingerprint density at radius 1 is 1.30 bits per heavy atom. The van der Waals surface area contributed by atoms with Gasteiger partial charge < -0.3 is 17.2 Å². The Hall–Kier alpha value is -2.90. The van der Waals surface area contributed by atoms with Gasteiger partial charge in [0, 0.05) is 12.3 Å². The predicted octanol–water partition coefficient (Wildman–Crippen LogP) is 0.539. The number of guanidine groups is 2. The highest BCUT2D eigenvalue weighted by Gasteiger charge is 2.06. The maximum Gasteiger partial charge on any atom is 0.223 e. The molecule has 7 nitrogen and oxygen atoms in total. The molecule has 0 aliphatic rings. The van der Waals surface area contributed by atoms with Crippen LogP contribution in [0, 0.1) is 12.7 Å². The molecular weight excluding hydrogens is 261 g/mol. The van der Waals surface area contributed by atoms with E-state index in [9.17, 15) is 4.39 Å². The van der Waals surface area contributed by atoms with Gasteiger partial charge in [0.2, 0.25) is 5.96 Å². The molecule has 0 aliphatic heterocycles. The second-order valence-corrected chi connectivity index (χ2v) is 4.10. The minimum atomic E-state index is -0.480. The van der Waals surface area contributed by atoms with Gasteiger partial charge in [0.25, 0.3) is 0 Å². The fourth-order valence-electron chi connectivity index (χ4n) is 1.59. The molecule has 0 fully saturated rings. The van der Waals surface area contributed by atoms with E-state index in [1.807, 2.05) is 6.92 Å². The zero-order chi connectivity index (χ0) is 14.7. The van der Waals surface area contributed by atoms with E-state index in [0.717, 1.165) is 5.56 Å². The highest BCUT2D eigenvalue weighted by Crippen LogP contribution is 2.20. The van der Waals surface area contributed by atoms with E-state index in [1.165, 1.54) is 10.7 Å². The summed E-state index contributed by atoms with van der Waals surface area (Å²) in [5.74, 6) is -0.839. The number of aliphatic imine (C=N–C) groups is 2. The molecule has 0 saturated heterocycles. The summed E-state index contributed by atoms with van der Waals surface area (Å²) >= 11 is 0. The molecule has 1 heterocycles. The molecule has 0 saturated carbocycles. The standard InChI is InChI=1S/C12H14FN7/c1-7-5-17-20(6-7)10-3-2-8(4-9(10)13)18-12(16)19-11(14)15/h2-6H,1H3,(H6,14,15,16,18,19). The number of hydrogen-bond acceptors (Lipinski definition) is 2. The Labute approximate surface area is 114 Å². The van der Waals surface area contributed by atoms with E-state index >= 15 is 0 Å². The van der Waals surface area contributed by atoms with Crippen LogP contribution >= 0.6 is 0 Å². The molecule has 2 aromatic rings. The van der Waals surface area contributed by atoms with Crippen molar-refractivity contribution in [2.24, 2.45) is 27.2 Å². The van der Waals surface area contributed by atoms with Crippen molar-refractivity contribution in [3.8, 4) is 5.69 Å². The first-order valence-electron chi connectivity index (χ1n) is 5.70. The molecule has 8 heteroatoms. The summed E-state index contributed by atoms with van der Waals surface area (Å²) in [6, 6.07) is 4.36. The summed E-state index contributed by atoms with van der Waals surface area (Å²) in [4.78, 5) is 7.42. The van der Waals surface area contributed by atoms with Crippen LogP contribution < -0.4 is 17.2 Å². The molecule has 0 aliphatic carbocycles. The highest BCUT2D eigenvalue weighted by atomic mass is 19.1. The third kappa shape index (κ3) is 3.10. The quantitative estimate of drug-likeness (QED) is 0.547. The maximum absolute atomic E-state index is 14.0. The summed E-state index contributed by atoms with van der Waals surface area (Å²) in [5, 5.41) is 4.04. The fourth-order valence-corrected chi connectivity index (χ4v) is 1.59. The molecule has 0 bridgehead atoms. The van der Waals surface area contributed by atoms with Gasteiger partial charge >= 0.3 is 0 Å². The first-order valence-corrected chi connectivity index (χ1v) is 5.70. The number of hydrogen-bond donors (Lipinski definition) is 3. The molecule has 104 valence electrons. The molecular formula is C12H14FN7. The van der Waals surface area contributed by atoms with Gasteiger partial charge in [-0.25, -0.2) is 14.1 Å². The Bertz CT molecular complexity index is 683. The lowest BCUT2D eigenvalue weighted by Crippen LogP contribution is -2.26. The van der Waals surface area contributed by atoms with Crippen LogP contribution in [0.15, 0.2) is 40.6 Å². The van der Waals surface area contributed by atoms with Gasteiger partial charge in [-0.2, -0.15) is 10.1 Å². The summed E-state index contributed by atoms with van der Waals surface area (Å²) in [7, 11) is 0. The summed E-state index contributed by atoms with van der Waals surface area (Å²) in [6.45, 7) is 1.87. The lowest BCUT2D eigenvalue weighted by Gasteiger charge is -2.04. The fraction of sp³-hybridized carbons (Fsp3) is 0.0833. The Morgan fingerprint density at radius 2 is 2.05 bits per heavy atom. The number of halogens is 1. The van der Waals surface area contributed by atoms with Crippen LogP contribution in [0.1, 0.15) is 5.56 Å². The van der Waals surface area contributed by atoms with Gasteiger partial charge in [-0.15, -0.1) is 0 Å². The SMILES string of the molecule is Cc1cnn(-c2ccc(N=C(N)N=C(N)N)cc2F)c1. The largest absolute Gasteiger partial charge is 0.370 e. The highest BCUT2D eigenvalue weighted by molar-refractivity contribution is 5.93. The molecule has 0 spiro atoms. The topological polar surface area (TPSA) is 121 Å². The number of nitrogens with zero attached hydrogens (tertiary/aromatic N) is 4. The maximum atomic E-state index is 14.0. The smallest absolute Gasteiger partial charge is 0.223 e. The number of nitrogens with two attached hydrogens (primary N) is 3. The van der Waals surface area contributed by atoms with Crippen LogP contribution in [0.4, 0.5) is 10.1 Å². The van der Waals surface area contributed by atoms with Crippen LogP contribution in [-0.2, 0) is 0 Å². The first kappa shape index (κ1) is 13.5. The van der Waals surface area contributed by atoms with Gasteiger partial charge in [0.1, 0.15) is 5.69 Å². The molecule has 0 atom stereocenters. The number of aryl methyl sites for hydroxylation is 1. The molecule has 0 radical (unpaired) electrons. The van der Waals surface area contributed by atoms with Gasteiger partial charge in [-0.1, -0.05) is 0 Å². The lowest BCUT2D eigenvalue weighted by molar-refractivity contribution is 0.611. The van der Waals surface area contributed by atoms with E-state index in [2.05, 4.69) is 15.1 Å². The number of rotatable bonds is 2. The number of benzene rings is 1. The Kier molecular flexibility index (Phi) is 3.65. The molecule has 1 aromatic carbocycles. The first-order chi connectivity index (χ1) is 9.45. The molecule has 0 amide bonds. The zero-order valence-electron chi connectivity index (χ0n) is 10.8. The van der Waals surface area contributed by atoms with E-state index in [4.69, 9.17) is 17.2 Å². The predicted molar refractivity (Wildman–Crippen MR) is 75.4 cm³/mol. The monoisotopic (exact) mass is 275 g/mol. The van der Waals surface area contributed by atoms with Crippen LogP contribution in [0.25, 0.3) is 5.69 Å². The van der Waals surface area contributed by atoms with Crippen molar-refractivity contribution in [1.82, 2.24) is 9.78 Å². The molecule has 6 N–H and O–H groups in total. The van der Waals surface area contributed by atoms with Gasteiger partial charge in [0.15, 0.2) is 11.8 Å². The van der Waals surface area contributed by atoms with Crippen molar-refractivity contribution in [2.75, 3.05) is 0 Å². The Balaban J connectivity index is 2.33. The van der Waals surface area contributed by atoms with Gasteiger partial charge in [-0.3, -0.25) is 0 Å². The second kappa shape index (κ2) is 5.39. The average molecular weight is 275 g/mol. The van der Waals surface area contributed by atoms with E-state index in [0.29, 0.717) is 11.4 Å². The minimum Gasteiger partial charge on any atom is -0.370 e. The molecule has 20 heavy (non-hydrogen) atoms.